The quantitative estimate of drug-likeness (QED) is 0.860. The Kier molecular flexibility index (Phi) is 4.82. The molecule has 1 atom stereocenters. The van der Waals surface area contributed by atoms with Crippen molar-refractivity contribution in [3.63, 3.8) is 0 Å². The van der Waals surface area contributed by atoms with Crippen molar-refractivity contribution in [1.82, 2.24) is 20.4 Å². The average Bonchev–Trinajstić information content (AvgIpc) is 3.08. The number of benzene rings is 1. The third kappa shape index (κ3) is 3.72. The van der Waals surface area contributed by atoms with Gasteiger partial charge in [-0.15, -0.1) is 0 Å². The van der Waals surface area contributed by atoms with E-state index in [-0.39, 0.29) is 11.9 Å². The molecular formula is C16H20N4O2. The number of rotatable bonds is 5. The van der Waals surface area contributed by atoms with Gasteiger partial charge in [0, 0.05) is 37.9 Å². The van der Waals surface area contributed by atoms with E-state index < -0.39 is 0 Å². The molecule has 1 unspecified atom stereocenters. The van der Waals surface area contributed by atoms with Gasteiger partial charge in [-0.3, -0.25) is 4.79 Å². The molecule has 1 aliphatic heterocycles. The van der Waals surface area contributed by atoms with Crippen molar-refractivity contribution in [2.24, 2.45) is 0 Å². The number of carbonyl (C=O) groups excluding carboxylic acids is 1. The van der Waals surface area contributed by atoms with Crippen LogP contribution in [0.3, 0.4) is 0 Å². The maximum absolute atomic E-state index is 12.1. The van der Waals surface area contributed by atoms with Gasteiger partial charge in [0.25, 0.3) is 0 Å². The molecule has 1 aliphatic rings. The van der Waals surface area contributed by atoms with E-state index in [2.05, 4.69) is 15.7 Å². The smallest absolute Gasteiger partial charge is 0.221 e. The summed E-state index contributed by atoms with van der Waals surface area (Å²) in [6.07, 6.45) is 4.07. The summed E-state index contributed by atoms with van der Waals surface area (Å²) < 4.78 is 7.16. The molecular weight excluding hydrogens is 280 g/mol. The molecule has 1 amide bonds. The predicted octanol–water partition coefficient (Wildman–Crippen LogP) is 0.867. The van der Waals surface area contributed by atoms with Crippen molar-refractivity contribution in [2.45, 2.75) is 19.0 Å². The molecule has 1 fully saturated rings. The first-order valence-electron chi connectivity index (χ1n) is 7.48. The number of hydrogen-bond donors (Lipinski definition) is 2. The first-order chi connectivity index (χ1) is 10.8. The summed E-state index contributed by atoms with van der Waals surface area (Å²) in [5.74, 6) is 0.0262. The fourth-order valence-corrected chi connectivity index (χ4v) is 2.54. The molecule has 1 aromatic carbocycles. The Hall–Kier alpha value is -2.18. The Morgan fingerprint density at radius 3 is 3.09 bits per heavy atom. The van der Waals surface area contributed by atoms with Crippen LogP contribution in [0, 0.1) is 0 Å². The Balaban J connectivity index is 1.58. The van der Waals surface area contributed by atoms with Gasteiger partial charge in [0.1, 0.15) is 0 Å². The Labute approximate surface area is 129 Å². The summed E-state index contributed by atoms with van der Waals surface area (Å²) in [6.45, 7) is 2.61. The highest BCUT2D eigenvalue weighted by atomic mass is 16.5. The zero-order valence-electron chi connectivity index (χ0n) is 12.4. The van der Waals surface area contributed by atoms with Gasteiger partial charge in [-0.25, -0.2) is 4.68 Å². The first kappa shape index (κ1) is 14.7. The second kappa shape index (κ2) is 7.20. The molecule has 3 rings (SSSR count). The van der Waals surface area contributed by atoms with E-state index >= 15 is 0 Å². The van der Waals surface area contributed by atoms with E-state index in [1.807, 2.05) is 36.5 Å². The molecule has 0 radical (unpaired) electrons. The van der Waals surface area contributed by atoms with E-state index in [1.54, 1.807) is 10.9 Å². The van der Waals surface area contributed by atoms with Crippen molar-refractivity contribution < 1.29 is 9.53 Å². The van der Waals surface area contributed by atoms with Crippen LogP contribution in [0.4, 0.5) is 0 Å². The van der Waals surface area contributed by atoms with E-state index in [1.165, 1.54) is 0 Å². The largest absolute Gasteiger partial charge is 0.378 e. The highest BCUT2D eigenvalue weighted by Crippen LogP contribution is 2.13. The first-order valence-corrected chi connectivity index (χ1v) is 7.48. The van der Waals surface area contributed by atoms with Gasteiger partial charge in [0.05, 0.1) is 18.9 Å². The lowest BCUT2D eigenvalue weighted by Crippen LogP contribution is -2.44. The van der Waals surface area contributed by atoms with Gasteiger partial charge >= 0.3 is 0 Å². The van der Waals surface area contributed by atoms with Crippen LogP contribution in [0.2, 0.25) is 0 Å². The number of aromatic nitrogens is 2. The lowest BCUT2D eigenvalue weighted by Gasteiger charge is -2.23. The van der Waals surface area contributed by atoms with Crippen LogP contribution in [0.1, 0.15) is 12.0 Å². The molecule has 0 aliphatic carbocycles. The van der Waals surface area contributed by atoms with Crippen LogP contribution in [0.5, 0.6) is 0 Å². The number of ether oxygens (including phenoxy) is 1. The topological polar surface area (TPSA) is 68.2 Å². The summed E-state index contributed by atoms with van der Waals surface area (Å²) in [4.78, 5) is 12.1. The molecule has 2 N–H and O–H groups in total. The summed E-state index contributed by atoms with van der Waals surface area (Å²) in [5, 5.41) is 10.5. The fourth-order valence-electron chi connectivity index (χ4n) is 2.54. The third-order valence-corrected chi connectivity index (χ3v) is 3.65. The number of morpholine rings is 1. The molecule has 0 saturated carbocycles. The fraction of sp³-hybridized carbons (Fsp3) is 0.375. The normalized spacial score (nSPS) is 18.1. The number of carbonyl (C=O) groups is 1. The summed E-state index contributed by atoms with van der Waals surface area (Å²) in [5.41, 5.74) is 2.01. The maximum Gasteiger partial charge on any atom is 0.221 e. The van der Waals surface area contributed by atoms with E-state index in [4.69, 9.17) is 4.74 Å². The zero-order chi connectivity index (χ0) is 15.2. The maximum atomic E-state index is 12.1. The van der Waals surface area contributed by atoms with Crippen LogP contribution in [-0.4, -0.2) is 41.5 Å². The van der Waals surface area contributed by atoms with Gasteiger partial charge in [-0.1, -0.05) is 18.2 Å². The molecule has 116 valence electrons. The number of hydrogen-bond acceptors (Lipinski definition) is 4. The predicted molar refractivity (Wildman–Crippen MR) is 82.6 cm³/mol. The molecule has 6 heteroatoms. The van der Waals surface area contributed by atoms with Gasteiger partial charge < -0.3 is 15.4 Å². The molecule has 0 spiro atoms. The number of amides is 1. The SMILES string of the molecule is O=C(CC1COCCN1)NCc1ccccc1-n1cccn1. The van der Waals surface area contributed by atoms with Crippen LogP contribution >= 0.6 is 0 Å². The Bertz CT molecular complexity index is 606. The third-order valence-electron chi connectivity index (χ3n) is 3.65. The van der Waals surface area contributed by atoms with Crippen molar-refractivity contribution in [1.29, 1.82) is 0 Å². The standard InChI is InChI=1S/C16H20N4O2/c21-16(10-14-12-22-9-7-17-14)18-11-13-4-1-2-5-15(13)20-8-3-6-19-20/h1-6,8,14,17H,7,9-12H2,(H,18,21). The second-order valence-corrected chi connectivity index (χ2v) is 5.29. The van der Waals surface area contributed by atoms with Crippen molar-refractivity contribution in [3.8, 4) is 5.69 Å². The lowest BCUT2D eigenvalue weighted by molar-refractivity contribution is -0.122. The monoisotopic (exact) mass is 300 g/mol. The van der Waals surface area contributed by atoms with Crippen molar-refractivity contribution >= 4 is 5.91 Å². The Morgan fingerprint density at radius 2 is 2.32 bits per heavy atom. The van der Waals surface area contributed by atoms with Crippen molar-refractivity contribution in [2.75, 3.05) is 19.8 Å². The van der Waals surface area contributed by atoms with E-state index in [0.717, 1.165) is 24.4 Å². The minimum absolute atomic E-state index is 0.0262. The molecule has 2 aromatic rings. The van der Waals surface area contributed by atoms with Crippen LogP contribution in [0.25, 0.3) is 5.69 Å². The number of nitrogens with zero attached hydrogens (tertiary/aromatic N) is 2. The van der Waals surface area contributed by atoms with Crippen LogP contribution in [-0.2, 0) is 16.1 Å². The summed E-state index contributed by atoms with van der Waals surface area (Å²) in [7, 11) is 0. The highest BCUT2D eigenvalue weighted by molar-refractivity contribution is 5.76. The second-order valence-electron chi connectivity index (χ2n) is 5.29. The number of nitrogens with one attached hydrogen (secondary N) is 2. The van der Waals surface area contributed by atoms with E-state index in [9.17, 15) is 4.79 Å². The molecule has 6 nitrogen and oxygen atoms in total. The summed E-state index contributed by atoms with van der Waals surface area (Å²) >= 11 is 0. The summed E-state index contributed by atoms with van der Waals surface area (Å²) in [6, 6.07) is 9.90. The van der Waals surface area contributed by atoms with Crippen LogP contribution < -0.4 is 10.6 Å². The van der Waals surface area contributed by atoms with Crippen molar-refractivity contribution in [3.05, 3.63) is 48.3 Å². The van der Waals surface area contributed by atoms with E-state index in [0.29, 0.717) is 19.6 Å². The minimum atomic E-state index is 0.0262. The van der Waals surface area contributed by atoms with Gasteiger partial charge in [0.15, 0.2) is 0 Å². The number of para-hydroxylation sites is 1. The Morgan fingerprint density at radius 1 is 1.41 bits per heavy atom. The molecule has 1 saturated heterocycles. The molecule has 22 heavy (non-hydrogen) atoms. The molecule has 2 heterocycles. The molecule has 1 aromatic heterocycles. The van der Waals surface area contributed by atoms with Gasteiger partial charge in [-0.2, -0.15) is 5.10 Å². The highest BCUT2D eigenvalue weighted by Gasteiger charge is 2.16. The van der Waals surface area contributed by atoms with Gasteiger partial charge in [-0.05, 0) is 17.7 Å². The average molecular weight is 300 g/mol. The lowest BCUT2D eigenvalue weighted by atomic mass is 10.1. The molecule has 0 bridgehead atoms. The van der Waals surface area contributed by atoms with Gasteiger partial charge in [0.2, 0.25) is 5.91 Å². The van der Waals surface area contributed by atoms with Crippen LogP contribution in [0.15, 0.2) is 42.7 Å². The zero-order valence-corrected chi connectivity index (χ0v) is 12.4. The minimum Gasteiger partial charge on any atom is -0.378 e.